The lowest BCUT2D eigenvalue weighted by Gasteiger charge is -2.23. The van der Waals surface area contributed by atoms with Crippen LogP contribution in [0.4, 0.5) is 5.69 Å². The first-order chi connectivity index (χ1) is 9.70. The quantitative estimate of drug-likeness (QED) is 0.869. The van der Waals surface area contributed by atoms with Gasteiger partial charge < -0.3 is 15.4 Å². The number of rotatable bonds is 5. The lowest BCUT2D eigenvalue weighted by molar-refractivity contribution is 0.0624. The fraction of sp³-hybridized carbons (Fsp3) is 0.562. The summed E-state index contributed by atoms with van der Waals surface area (Å²) in [5.41, 5.74) is 2.79. The molecule has 20 heavy (non-hydrogen) atoms. The number of aryl methyl sites for hydroxylation is 1. The highest BCUT2D eigenvalue weighted by atomic mass is 16.5. The molecule has 1 aromatic carbocycles. The first-order valence-electron chi connectivity index (χ1n) is 7.44. The summed E-state index contributed by atoms with van der Waals surface area (Å²) in [6.45, 7) is 6.45. The van der Waals surface area contributed by atoms with E-state index in [1.807, 2.05) is 25.1 Å². The topological polar surface area (TPSA) is 50.4 Å². The minimum atomic E-state index is -0.0147. The van der Waals surface area contributed by atoms with Crippen molar-refractivity contribution in [1.29, 1.82) is 0 Å². The third-order valence-electron chi connectivity index (χ3n) is 3.48. The summed E-state index contributed by atoms with van der Waals surface area (Å²) in [6.07, 6.45) is 3.04. The Morgan fingerprint density at radius 3 is 3.00 bits per heavy atom. The third kappa shape index (κ3) is 3.97. The number of nitrogens with one attached hydrogen (secondary N) is 2. The Kier molecular flexibility index (Phi) is 5.41. The van der Waals surface area contributed by atoms with Crippen molar-refractivity contribution in [2.24, 2.45) is 0 Å². The van der Waals surface area contributed by atoms with E-state index in [9.17, 15) is 4.79 Å². The molecule has 1 aliphatic rings. The molecule has 1 heterocycles. The molecular weight excluding hydrogens is 252 g/mol. The van der Waals surface area contributed by atoms with E-state index in [1.54, 1.807) is 0 Å². The Labute approximate surface area is 120 Å². The fourth-order valence-corrected chi connectivity index (χ4v) is 2.38. The summed E-state index contributed by atoms with van der Waals surface area (Å²) in [5, 5.41) is 6.40. The summed E-state index contributed by atoms with van der Waals surface area (Å²) in [4.78, 5) is 12.4. The van der Waals surface area contributed by atoms with Crippen LogP contribution in [0.2, 0.25) is 0 Å². The molecule has 0 radical (unpaired) electrons. The van der Waals surface area contributed by atoms with E-state index in [0.717, 1.165) is 49.2 Å². The molecule has 1 amide bonds. The third-order valence-corrected chi connectivity index (χ3v) is 3.48. The highest BCUT2D eigenvalue weighted by molar-refractivity contribution is 5.99. The van der Waals surface area contributed by atoms with Crippen LogP contribution in [0.3, 0.4) is 0 Å². The fourth-order valence-electron chi connectivity index (χ4n) is 2.38. The van der Waals surface area contributed by atoms with Crippen LogP contribution >= 0.6 is 0 Å². The summed E-state index contributed by atoms with van der Waals surface area (Å²) in [7, 11) is 0. The number of carbonyl (C=O) groups excluding carboxylic acids is 1. The Hall–Kier alpha value is -1.55. The molecular formula is C16H24N2O2. The molecule has 0 saturated carbocycles. The van der Waals surface area contributed by atoms with Crippen LogP contribution in [-0.4, -0.2) is 31.7 Å². The summed E-state index contributed by atoms with van der Waals surface area (Å²) < 4.78 is 5.40. The van der Waals surface area contributed by atoms with Gasteiger partial charge in [0.05, 0.1) is 18.2 Å². The van der Waals surface area contributed by atoms with Crippen LogP contribution in [-0.2, 0) is 4.74 Å². The van der Waals surface area contributed by atoms with E-state index >= 15 is 0 Å². The van der Waals surface area contributed by atoms with Gasteiger partial charge in [-0.05, 0) is 43.9 Å². The van der Waals surface area contributed by atoms with Crippen molar-refractivity contribution in [3.8, 4) is 0 Å². The Balaban J connectivity index is 2.07. The van der Waals surface area contributed by atoms with Crippen molar-refractivity contribution < 1.29 is 9.53 Å². The maximum absolute atomic E-state index is 12.4. The first kappa shape index (κ1) is 14.9. The number of carbonyl (C=O) groups is 1. The van der Waals surface area contributed by atoms with Crippen LogP contribution < -0.4 is 10.6 Å². The molecule has 2 rings (SSSR count). The standard InChI is InChI=1S/C16H24N2O2/c1-3-8-17-15-10-12(2)6-7-14(15)16(19)18-13-5-4-9-20-11-13/h6-7,10,13,17H,3-5,8-9,11H2,1-2H3,(H,18,19). The van der Waals surface area contributed by atoms with E-state index in [4.69, 9.17) is 4.74 Å². The number of ether oxygens (including phenoxy) is 1. The predicted octanol–water partition coefficient (Wildman–Crippen LogP) is 2.73. The highest BCUT2D eigenvalue weighted by Gasteiger charge is 2.18. The van der Waals surface area contributed by atoms with Crippen molar-refractivity contribution in [3.05, 3.63) is 29.3 Å². The van der Waals surface area contributed by atoms with Crippen LogP contribution in [0.25, 0.3) is 0 Å². The second kappa shape index (κ2) is 7.29. The van der Waals surface area contributed by atoms with Gasteiger partial charge >= 0.3 is 0 Å². The van der Waals surface area contributed by atoms with Crippen molar-refractivity contribution in [2.75, 3.05) is 25.1 Å². The number of hydrogen-bond acceptors (Lipinski definition) is 3. The van der Waals surface area contributed by atoms with Crippen LogP contribution in [0.5, 0.6) is 0 Å². The molecule has 1 fully saturated rings. The largest absolute Gasteiger partial charge is 0.384 e. The zero-order valence-corrected chi connectivity index (χ0v) is 12.4. The molecule has 1 unspecified atom stereocenters. The van der Waals surface area contributed by atoms with Gasteiger partial charge in [0.2, 0.25) is 0 Å². The molecule has 0 spiro atoms. The summed E-state index contributed by atoms with van der Waals surface area (Å²) >= 11 is 0. The lowest BCUT2D eigenvalue weighted by atomic mass is 10.1. The second-order valence-corrected chi connectivity index (χ2v) is 5.36. The molecule has 110 valence electrons. The predicted molar refractivity (Wildman–Crippen MR) is 81.3 cm³/mol. The van der Waals surface area contributed by atoms with Gasteiger partial charge in [-0.25, -0.2) is 0 Å². The van der Waals surface area contributed by atoms with E-state index in [2.05, 4.69) is 17.6 Å². The molecule has 1 aromatic rings. The first-order valence-corrected chi connectivity index (χ1v) is 7.44. The maximum atomic E-state index is 12.4. The smallest absolute Gasteiger partial charge is 0.253 e. The zero-order chi connectivity index (χ0) is 14.4. The molecule has 4 heteroatoms. The zero-order valence-electron chi connectivity index (χ0n) is 12.4. The van der Waals surface area contributed by atoms with Gasteiger partial charge in [-0.15, -0.1) is 0 Å². The second-order valence-electron chi connectivity index (χ2n) is 5.36. The number of hydrogen-bond donors (Lipinski definition) is 2. The van der Waals surface area contributed by atoms with Gasteiger partial charge in [0.25, 0.3) is 5.91 Å². The molecule has 0 aromatic heterocycles. The van der Waals surface area contributed by atoms with Crippen molar-refractivity contribution in [3.63, 3.8) is 0 Å². The van der Waals surface area contributed by atoms with E-state index in [0.29, 0.717) is 6.61 Å². The van der Waals surface area contributed by atoms with Gasteiger partial charge in [0, 0.05) is 18.8 Å². The van der Waals surface area contributed by atoms with Crippen LogP contribution in [0, 0.1) is 6.92 Å². The summed E-state index contributed by atoms with van der Waals surface area (Å²) in [5.74, 6) is -0.0147. The lowest BCUT2D eigenvalue weighted by Crippen LogP contribution is -2.40. The minimum Gasteiger partial charge on any atom is -0.384 e. The molecule has 1 saturated heterocycles. The van der Waals surface area contributed by atoms with Gasteiger partial charge in [-0.3, -0.25) is 4.79 Å². The van der Waals surface area contributed by atoms with Crippen LogP contribution in [0.15, 0.2) is 18.2 Å². The maximum Gasteiger partial charge on any atom is 0.253 e. The molecule has 1 aliphatic heterocycles. The molecule has 1 atom stereocenters. The van der Waals surface area contributed by atoms with Gasteiger partial charge in [0.1, 0.15) is 0 Å². The SMILES string of the molecule is CCCNc1cc(C)ccc1C(=O)NC1CCCOC1. The van der Waals surface area contributed by atoms with Crippen molar-refractivity contribution in [2.45, 2.75) is 39.2 Å². The number of benzene rings is 1. The average molecular weight is 276 g/mol. The monoisotopic (exact) mass is 276 g/mol. The van der Waals surface area contributed by atoms with Gasteiger partial charge in [0.15, 0.2) is 0 Å². The number of amides is 1. The molecule has 0 bridgehead atoms. The van der Waals surface area contributed by atoms with E-state index in [-0.39, 0.29) is 11.9 Å². The highest BCUT2D eigenvalue weighted by Crippen LogP contribution is 2.18. The molecule has 0 aliphatic carbocycles. The average Bonchev–Trinajstić information content (AvgIpc) is 2.46. The molecule has 2 N–H and O–H groups in total. The Bertz CT molecular complexity index is 454. The van der Waals surface area contributed by atoms with Crippen molar-refractivity contribution in [1.82, 2.24) is 5.32 Å². The summed E-state index contributed by atoms with van der Waals surface area (Å²) in [6, 6.07) is 6.04. The Morgan fingerprint density at radius 2 is 2.30 bits per heavy atom. The van der Waals surface area contributed by atoms with E-state index in [1.165, 1.54) is 0 Å². The normalized spacial score (nSPS) is 18.6. The number of anilines is 1. The minimum absolute atomic E-state index is 0.0147. The van der Waals surface area contributed by atoms with Gasteiger partial charge in [-0.1, -0.05) is 13.0 Å². The van der Waals surface area contributed by atoms with Crippen molar-refractivity contribution >= 4 is 11.6 Å². The Morgan fingerprint density at radius 1 is 1.45 bits per heavy atom. The van der Waals surface area contributed by atoms with Gasteiger partial charge in [-0.2, -0.15) is 0 Å². The van der Waals surface area contributed by atoms with E-state index < -0.39 is 0 Å². The van der Waals surface area contributed by atoms with Crippen LogP contribution in [0.1, 0.15) is 42.1 Å². The molecule has 4 nitrogen and oxygen atoms in total.